The monoisotopic (exact) mass is 316 g/mol. The van der Waals surface area contributed by atoms with Crippen LogP contribution in [-0.2, 0) is 10.3 Å². The largest absolute Gasteiger partial charge is 0.343 e. The highest BCUT2D eigenvalue weighted by Crippen LogP contribution is 2.34. The predicted octanol–water partition coefficient (Wildman–Crippen LogP) is 2.08. The Kier molecular flexibility index (Phi) is 7.11. The van der Waals surface area contributed by atoms with Gasteiger partial charge in [0.15, 0.2) is 5.82 Å². The Morgan fingerprint density at radius 3 is 2.48 bits per heavy atom. The summed E-state index contributed by atoms with van der Waals surface area (Å²) in [5.74, 6) is 1.23. The second-order valence-corrected chi connectivity index (χ2v) is 5.54. The highest BCUT2D eigenvalue weighted by molar-refractivity contribution is 5.85. The summed E-state index contributed by atoms with van der Waals surface area (Å²) in [6.07, 6.45) is 6.80. The molecule has 0 radical (unpaired) electrons. The fraction of sp³-hybridized carbons (Fsp3) is 0.786. The Hall–Kier alpha value is -1.14. The van der Waals surface area contributed by atoms with Gasteiger partial charge in [0.05, 0.1) is 0 Å². The molecule has 7 heteroatoms. The van der Waals surface area contributed by atoms with E-state index in [1.165, 1.54) is 12.8 Å². The number of hydrogen-bond acceptors (Lipinski definition) is 5. The van der Waals surface area contributed by atoms with Crippen molar-refractivity contribution in [1.82, 2.24) is 20.8 Å². The predicted molar refractivity (Wildman–Crippen MR) is 82.3 cm³/mol. The van der Waals surface area contributed by atoms with Crippen LogP contribution in [0.3, 0.4) is 0 Å². The normalized spacial score (nSPS) is 17.6. The minimum atomic E-state index is -0.445. The van der Waals surface area contributed by atoms with Gasteiger partial charge in [0.25, 0.3) is 0 Å². The molecular weight excluding hydrogens is 292 g/mol. The Morgan fingerprint density at radius 1 is 1.29 bits per heavy atom. The second kappa shape index (κ2) is 8.34. The van der Waals surface area contributed by atoms with Crippen molar-refractivity contribution in [3.8, 4) is 0 Å². The van der Waals surface area contributed by atoms with E-state index in [0.717, 1.165) is 25.7 Å². The zero-order valence-corrected chi connectivity index (χ0v) is 13.6. The molecule has 0 bridgehead atoms. The van der Waals surface area contributed by atoms with Crippen LogP contribution >= 0.6 is 12.4 Å². The molecule has 120 valence electrons. The van der Waals surface area contributed by atoms with Crippen LogP contribution in [0.15, 0.2) is 4.52 Å². The van der Waals surface area contributed by atoms with Gasteiger partial charge in [0, 0.05) is 19.9 Å². The van der Waals surface area contributed by atoms with Gasteiger partial charge >= 0.3 is 0 Å². The van der Waals surface area contributed by atoms with Gasteiger partial charge in [0.1, 0.15) is 5.54 Å². The molecule has 2 rings (SSSR count). The van der Waals surface area contributed by atoms with Crippen molar-refractivity contribution < 1.29 is 9.32 Å². The van der Waals surface area contributed by atoms with E-state index in [9.17, 15) is 4.79 Å². The fourth-order valence-corrected chi connectivity index (χ4v) is 2.80. The summed E-state index contributed by atoms with van der Waals surface area (Å²) in [6.45, 7) is 2.46. The number of nitrogens with zero attached hydrogens (tertiary/aromatic N) is 2. The molecule has 1 fully saturated rings. The van der Waals surface area contributed by atoms with Crippen LogP contribution in [0, 0.1) is 6.92 Å². The van der Waals surface area contributed by atoms with Crippen molar-refractivity contribution in [1.29, 1.82) is 0 Å². The molecule has 0 aliphatic heterocycles. The van der Waals surface area contributed by atoms with Crippen LogP contribution in [0.5, 0.6) is 0 Å². The Balaban J connectivity index is 0.00000220. The van der Waals surface area contributed by atoms with E-state index in [4.69, 9.17) is 4.52 Å². The lowest BCUT2D eigenvalue weighted by atomic mass is 9.89. The van der Waals surface area contributed by atoms with Gasteiger partial charge < -0.3 is 15.2 Å². The molecule has 0 saturated heterocycles. The summed E-state index contributed by atoms with van der Waals surface area (Å²) >= 11 is 0. The van der Waals surface area contributed by atoms with Gasteiger partial charge in [0.2, 0.25) is 11.8 Å². The third kappa shape index (κ3) is 4.68. The minimum absolute atomic E-state index is 0. The zero-order valence-electron chi connectivity index (χ0n) is 12.8. The SMILES string of the molecule is CNCCC(=O)NC1(c2noc(C)n2)CCCCCC1.Cl. The highest BCUT2D eigenvalue weighted by Gasteiger charge is 2.38. The van der Waals surface area contributed by atoms with Crippen LogP contribution in [0.2, 0.25) is 0 Å². The number of halogens is 1. The number of nitrogens with one attached hydrogen (secondary N) is 2. The Bertz CT molecular complexity index is 442. The van der Waals surface area contributed by atoms with Gasteiger partial charge in [-0.05, 0) is 19.9 Å². The molecule has 1 aromatic heterocycles. The van der Waals surface area contributed by atoms with Gasteiger partial charge in [-0.1, -0.05) is 30.8 Å². The summed E-state index contributed by atoms with van der Waals surface area (Å²) in [5.41, 5.74) is -0.445. The smallest absolute Gasteiger partial charge is 0.223 e. The van der Waals surface area contributed by atoms with Crippen LogP contribution in [0.25, 0.3) is 0 Å². The van der Waals surface area contributed by atoms with E-state index < -0.39 is 5.54 Å². The fourth-order valence-electron chi connectivity index (χ4n) is 2.80. The van der Waals surface area contributed by atoms with E-state index in [0.29, 0.717) is 24.7 Å². The molecule has 1 saturated carbocycles. The van der Waals surface area contributed by atoms with E-state index in [1.54, 1.807) is 6.92 Å². The number of aryl methyl sites for hydroxylation is 1. The first-order valence-electron chi connectivity index (χ1n) is 7.43. The van der Waals surface area contributed by atoms with E-state index >= 15 is 0 Å². The summed E-state index contributed by atoms with van der Waals surface area (Å²) in [6, 6.07) is 0. The summed E-state index contributed by atoms with van der Waals surface area (Å²) in [7, 11) is 1.84. The van der Waals surface area contributed by atoms with Crippen molar-refractivity contribution >= 4 is 18.3 Å². The molecular formula is C14H25ClN4O2. The van der Waals surface area contributed by atoms with Gasteiger partial charge in [-0.2, -0.15) is 4.98 Å². The molecule has 1 aliphatic rings. The van der Waals surface area contributed by atoms with Crippen LogP contribution < -0.4 is 10.6 Å². The van der Waals surface area contributed by atoms with E-state index in [-0.39, 0.29) is 18.3 Å². The van der Waals surface area contributed by atoms with Gasteiger partial charge in [-0.15, -0.1) is 12.4 Å². The average molecular weight is 317 g/mol. The van der Waals surface area contributed by atoms with E-state index in [2.05, 4.69) is 20.8 Å². The maximum atomic E-state index is 12.1. The quantitative estimate of drug-likeness (QED) is 0.813. The minimum Gasteiger partial charge on any atom is -0.343 e. The molecule has 1 aliphatic carbocycles. The molecule has 0 atom stereocenters. The standard InChI is InChI=1S/C14H24N4O2.ClH/c1-11-16-13(18-20-11)14(8-5-3-4-6-9-14)17-12(19)7-10-15-2;/h15H,3-10H2,1-2H3,(H,17,19);1H. The number of carbonyl (C=O) groups excluding carboxylic acids is 1. The van der Waals surface area contributed by atoms with Crippen LogP contribution in [0.1, 0.15) is 56.7 Å². The molecule has 1 aromatic rings. The van der Waals surface area contributed by atoms with Gasteiger partial charge in [-0.3, -0.25) is 4.79 Å². The first-order chi connectivity index (χ1) is 9.66. The highest BCUT2D eigenvalue weighted by atomic mass is 35.5. The van der Waals surface area contributed by atoms with Crippen molar-refractivity contribution in [2.75, 3.05) is 13.6 Å². The van der Waals surface area contributed by atoms with Crippen LogP contribution in [0.4, 0.5) is 0 Å². The summed E-state index contributed by atoms with van der Waals surface area (Å²) in [4.78, 5) is 16.5. The zero-order chi connectivity index (χ0) is 14.4. The maximum absolute atomic E-state index is 12.1. The molecule has 0 spiro atoms. The summed E-state index contributed by atoms with van der Waals surface area (Å²) < 4.78 is 5.12. The third-order valence-electron chi connectivity index (χ3n) is 3.89. The Labute approximate surface area is 131 Å². The van der Waals surface area contributed by atoms with E-state index in [1.807, 2.05) is 7.05 Å². The molecule has 1 amide bonds. The summed E-state index contributed by atoms with van der Waals surface area (Å²) in [5, 5.41) is 10.2. The topological polar surface area (TPSA) is 80.0 Å². The Morgan fingerprint density at radius 2 is 1.95 bits per heavy atom. The van der Waals surface area contributed by atoms with Crippen molar-refractivity contribution in [2.45, 2.75) is 57.4 Å². The van der Waals surface area contributed by atoms with Gasteiger partial charge in [-0.25, -0.2) is 0 Å². The lowest BCUT2D eigenvalue weighted by molar-refractivity contribution is -0.123. The molecule has 1 heterocycles. The number of amides is 1. The first-order valence-corrected chi connectivity index (χ1v) is 7.43. The molecule has 6 nitrogen and oxygen atoms in total. The van der Waals surface area contributed by atoms with Crippen molar-refractivity contribution in [2.24, 2.45) is 0 Å². The number of hydrogen-bond donors (Lipinski definition) is 2. The number of rotatable bonds is 5. The second-order valence-electron chi connectivity index (χ2n) is 5.54. The molecule has 0 aromatic carbocycles. The lowest BCUT2D eigenvalue weighted by Gasteiger charge is -2.30. The third-order valence-corrected chi connectivity index (χ3v) is 3.89. The molecule has 2 N–H and O–H groups in total. The maximum Gasteiger partial charge on any atom is 0.223 e. The van der Waals surface area contributed by atoms with Crippen molar-refractivity contribution in [3.63, 3.8) is 0 Å². The van der Waals surface area contributed by atoms with Crippen LogP contribution in [-0.4, -0.2) is 29.6 Å². The van der Waals surface area contributed by atoms with Crippen molar-refractivity contribution in [3.05, 3.63) is 11.7 Å². The average Bonchev–Trinajstić information content (AvgIpc) is 2.73. The number of carbonyl (C=O) groups is 1. The number of aromatic nitrogens is 2. The first kappa shape index (κ1) is 17.9. The lowest BCUT2D eigenvalue weighted by Crippen LogP contribution is -2.47. The molecule has 0 unspecified atom stereocenters. The molecule has 21 heavy (non-hydrogen) atoms.